The summed E-state index contributed by atoms with van der Waals surface area (Å²) < 4.78 is 0. The quantitative estimate of drug-likeness (QED) is 0.578. The number of rotatable bonds is 8. The fraction of sp³-hybridized carbons (Fsp3) is 1.00. The molecule has 0 saturated heterocycles. The number of aliphatic hydroxyl groups excluding tert-OH is 1. The zero-order valence-electron chi connectivity index (χ0n) is 10.1. The van der Waals surface area contributed by atoms with Crippen molar-refractivity contribution in [2.75, 3.05) is 33.3 Å². The van der Waals surface area contributed by atoms with E-state index in [0.717, 1.165) is 26.1 Å². The predicted octanol–water partition coefficient (Wildman–Crippen LogP) is 1.08. The van der Waals surface area contributed by atoms with Crippen LogP contribution >= 0.6 is 0 Å². The molecule has 0 fully saturated rings. The highest BCUT2D eigenvalue weighted by molar-refractivity contribution is 4.77. The molecule has 0 unspecified atom stereocenters. The smallest absolute Gasteiger partial charge is 0.0609 e. The van der Waals surface area contributed by atoms with Crippen LogP contribution in [0.4, 0.5) is 0 Å². The Labute approximate surface area is 88.5 Å². The lowest BCUT2D eigenvalue weighted by molar-refractivity contribution is 0.0783. The summed E-state index contributed by atoms with van der Waals surface area (Å²) in [4.78, 5) is 2.21. The summed E-state index contributed by atoms with van der Waals surface area (Å²) in [5, 5.41) is 12.5. The van der Waals surface area contributed by atoms with E-state index in [1.54, 1.807) is 0 Å². The van der Waals surface area contributed by atoms with E-state index in [-0.39, 0.29) is 12.1 Å². The highest BCUT2D eigenvalue weighted by Crippen LogP contribution is 2.10. The van der Waals surface area contributed by atoms with Crippen LogP contribution in [0.3, 0.4) is 0 Å². The third-order valence-electron chi connectivity index (χ3n) is 2.69. The van der Waals surface area contributed by atoms with Gasteiger partial charge in [-0.1, -0.05) is 6.92 Å². The molecule has 2 N–H and O–H groups in total. The second-order valence-electron chi connectivity index (χ2n) is 4.50. The van der Waals surface area contributed by atoms with Gasteiger partial charge in [-0.15, -0.1) is 0 Å². The molecule has 0 bridgehead atoms. The van der Waals surface area contributed by atoms with E-state index in [0.29, 0.717) is 0 Å². The van der Waals surface area contributed by atoms with E-state index >= 15 is 0 Å². The summed E-state index contributed by atoms with van der Waals surface area (Å²) in [7, 11) is 2.07. The Morgan fingerprint density at radius 2 is 1.93 bits per heavy atom. The van der Waals surface area contributed by atoms with Crippen LogP contribution in [0.1, 0.15) is 33.6 Å². The van der Waals surface area contributed by atoms with Gasteiger partial charge < -0.3 is 10.4 Å². The van der Waals surface area contributed by atoms with Crippen molar-refractivity contribution < 1.29 is 5.11 Å². The fourth-order valence-electron chi connectivity index (χ4n) is 1.17. The maximum absolute atomic E-state index is 9.15. The normalized spacial score (nSPS) is 12.4. The average molecular weight is 202 g/mol. The van der Waals surface area contributed by atoms with Gasteiger partial charge in [-0.05, 0) is 53.4 Å². The molecule has 0 spiro atoms. The zero-order chi connectivity index (χ0) is 11.0. The standard InChI is InChI=1S/C11H26N2O/c1-5-7-12-8-6-9-13(4)11(2,3)10-14/h12,14H,5-10H2,1-4H3. The molecule has 0 aliphatic heterocycles. The molecule has 14 heavy (non-hydrogen) atoms. The fourth-order valence-corrected chi connectivity index (χ4v) is 1.17. The molecule has 0 aromatic rings. The molecule has 0 aliphatic rings. The first-order valence-corrected chi connectivity index (χ1v) is 5.57. The molecule has 0 amide bonds. The van der Waals surface area contributed by atoms with Crippen molar-refractivity contribution in [3.8, 4) is 0 Å². The number of nitrogens with one attached hydrogen (secondary N) is 1. The van der Waals surface area contributed by atoms with Gasteiger partial charge in [0.15, 0.2) is 0 Å². The van der Waals surface area contributed by atoms with Crippen LogP contribution in [-0.2, 0) is 0 Å². The number of hydrogen-bond donors (Lipinski definition) is 2. The lowest BCUT2D eigenvalue weighted by atomic mass is 10.1. The molecule has 0 radical (unpaired) electrons. The van der Waals surface area contributed by atoms with Gasteiger partial charge in [0, 0.05) is 5.54 Å². The van der Waals surface area contributed by atoms with E-state index in [1.165, 1.54) is 6.42 Å². The summed E-state index contributed by atoms with van der Waals surface area (Å²) in [6.07, 6.45) is 2.33. The Morgan fingerprint density at radius 1 is 1.29 bits per heavy atom. The minimum atomic E-state index is -0.0925. The van der Waals surface area contributed by atoms with Crippen LogP contribution < -0.4 is 5.32 Å². The first-order valence-electron chi connectivity index (χ1n) is 5.57. The Hall–Kier alpha value is -0.120. The third-order valence-corrected chi connectivity index (χ3v) is 2.69. The lowest BCUT2D eigenvalue weighted by Crippen LogP contribution is -2.45. The second kappa shape index (κ2) is 7.21. The summed E-state index contributed by atoms with van der Waals surface area (Å²) in [6, 6.07) is 0. The molecule has 3 heteroatoms. The van der Waals surface area contributed by atoms with E-state index in [2.05, 4.69) is 38.0 Å². The monoisotopic (exact) mass is 202 g/mol. The molecule has 86 valence electrons. The number of nitrogens with zero attached hydrogens (tertiary/aromatic N) is 1. The van der Waals surface area contributed by atoms with Gasteiger partial charge in [0.1, 0.15) is 0 Å². The van der Waals surface area contributed by atoms with Gasteiger partial charge in [0.05, 0.1) is 6.61 Å². The molecule has 0 atom stereocenters. The largest absolute Gasteiger partial charge is 0.394 e. The van der Waals surface area contributed by atoms with Crippen LogP contribution in [0.25, 0.3) is 0 Å². The Balaban J connectivity index is 3.48. The highest BCUT2D eigenvalue weighted by Gasteiger charge is 2.21. The van der Waals surface area contributed by atoms with Gasteiger partial charge in [0.2, 0.25) is 0 Å². The molecule has 0 aromatic heterocycles. The van der Waals surface area contributed by atoms with E-state index < -0.39 is 0 Å². The van der Waals surface area contributed by atoms with E-state index in [1.807, 2.05) is 0 Å². The Bertz CT molecular complexity index is 137. The van der Waals surface area contributed by atoms with E-state index in [4.69, 9.17) is 5.11 Å². The van der Waals surface area contributed by atoms with Crippen LogP contribution in [0.5, 0.6) is 0 Å². The van der Waals surface area contributed by atoms with Gasteiger partial charge in [0.25, 0.3) is 0 Å². The summed E-state index contributed by atoms with van der Waals surface area (Å²) >= 11 is 0. The molecule has 0 rings (SSSR count). The van der Waals surface area contributed by atoms with Crippen LogP contribution in [0, 0.1) is 0 Å². The first kappa shape index (κ1) is 13.9. The molecule has 0 aromatic carbocycles. The maximum Gasteiger partial charge on any atom is 0.0609 e. The van der Waals surface area contributed by atoms with Gasteiger partial charge in [-0.3, -0.25) is 4.90 Å². The van der Waals surface area contributed by atoms with Gasteiger partial charge in [-0.25, -0.2) is 0 Å². The van der Waals surface area contributed by atoms with Crippen molar-refractivity contribution in [3.63, 3.8) is 0 Å². The van der Waals surface area contributed by atoms with Gasteiger partial charge in [-0.2, -0.15) is 0 Å². The van der Waals surface area contributed by atoms with Crippen LogP contribution in [0.15, 0.2) is 0 Å². The minimum absolute atomic E-state index is 0.0925. The number of hydrogen-bond acceptors (Lipinski definition) is 3. The second-order valence-corrected chi connectivity index (χ2v) is 4.50. The van der Waals surface area contributed by atoms with Crippen molar-refractivity contribution in [1.82, 2.24) is 10.2 Å². The van der Waals surface area contributed by atoms with Crippen molar-refractivity contribution in [2.45, 2.75) is 39.2 Å². The summed E-state index contributed by atoms with van der Waals surface area (Å²) in [6.45, 7) is 9.72. The summed E-state index contributed by atoms with van der Waals surface area (Å²) in [5.41, 5.74) is -0.0925. The predicted molar refractivity (Wildman–Crippen MR) is 61.6 cm³/mol. The molecule has 3 nitrogen and oxygen atoms in total. The number of aliphatic hydroxyl groups is 1. The van der Waals surface area contributed by atoms with Crippen molar-refractivity contribution in [3.05, 3.63) is 0 Å². The maximum atomic E-state index is 9.15. The molecule has 0 saturated carbocycles. The molecule has 0 heterocycles. The van der Waals surface area contributed by atoms with Crippen LogP contribution in [0.2, 0.25) is 0 Å². The Morgan fingerprint density at radius 3 is 2.43 bits per heavy atom. The third kappa shape index (κ3) is 5.58. The molecule has 0 aliphatic carbocycles. The minimum Gasteiger partial charge on any atom is -0.394 e. The Kier molecular flexibility index (Phi) is 7.15. The lowest BCUT2D eigenvalue weighted by Gasteiger charge is -2.33. The van der Waals surface area contributed by atoms with Crippen LogP contribution in [-0.4, -0.2) is 48.8 Å². The molecular formula is C11H26N2O. The van der Waals surface area contributed by atoms with E-state index in [9.17, 15) is 0 Å². The first-order chi connectivity index (χ1) is 6.54. The summed E-state index contributed by atoms with van der Waals surface area (Å²) in [5.74, 6) is 0. The van der Waals surface area contributed by atoms with Crippen molar-refractivity contribution in [2.24, 2.45) is 0 Å². The number of likely N-dealkylation sites (N-methyl/N-ethyl adjacent to an activating group) is 1. The highest BCUT2D eigenvalue weighted by atomic mass is 16.3. The zero-order valence-corrected chi connectivity index (χ0v) is 10.1. The topological polar surface area (TPSA) is 35.5 Å². The van der Waals surface area contributed by atoms with Crippen molar-refractivity contribution in [1.29, 1.82) is 0 Å². The SMILES string of the molecule is CCCNCCCN(C)C(C)(C)CO. The molecular weight excluding hydrogens is 176 g/mol. The van der Waals surface area contributed by atoms with Crippen molar-refractivity contribution >= 4 is 0 Å². The average Bonchev–Trinajstić information content (AvgIpc) is 2.17. The van der Waals surface area contributed by atoms with Gasteiger partial charge >= 0.3 is 0 Å².